The van der Waals surface area contributed by atoms with Gasteiger partial charge in [0.2, 0.25) is 0 Å². The Hall–Kier alpha value is -2.35. The first-order chi connectivity index (χ1) is 8.92. The molecule has 3 aromatic rings. The third-order valence-electron chi connectivity index (χ3n) is 3.51. The van der Waals surface area contributed by atoms with E-state index in [1.165, 1.54) is 22.3 Å². The van der Waals surface area contributed by atoms with Crippen molar-refractivity contribution >= 4 is 22.8 Å². The maximum Gasteiger partial charge on any atom is 0.100 e. The van der Waals surface area contributed by atoms with Gasteiger partial charge in [-0.25, -0.2) is 4.98 Å². The zero-order valence-electron chi connectivity index (χ0n) is 9.88. The fourth-order valence-corrected chi connectivity index (χ4v) is 2.60. The Balaban J connectivity index is 1.87. The highest BCUT2D eigenvalue weighted by molar-refractivity contribution is 5.86. The van der Waals surface area contributed by atoms with Crippen LogP contribution >= 0.6 is 0 Å². The Morgan fingerprint density at radius 3 is 2.72 bits per heavy atom. The van der Waals surface area contributed by atoms with Crippen molar-refractivity contribution in [3.63, 3.8) is 0 Å². The Morgan fingerprint density at radius 1 is 0.944 bits per heavy atom. The van der Waals surface area contributed by atoms with Gasteiger partial charge in [0, 0.05) is 12.1 Å². The zero-order chi connectivity index (χ0) is 11.9. The second-order valence-electron chi connectivity index (χ2n) is 4.61. The second-order valence-corrected chi connectivity index (χ2v) is 4.61. The number of rotatable bonds is 1. The molecule has 1 aromatic heterocycles. The number of para-hydroxylation sites is 2. The smallest absolute Gasteiger partial charge is 0.100 e. The largest absolute Gasteiger partial charge is 0.302 e. The molecule has 0 amide bonds. The van der Waals surface area contributed by atoms with Crippen LogP contribution in [0, 0.1) is 0 Å². The zero-order valence-corrected chi connectivity index (χ0v) is 9.88. The van der Waals surface area contributed by atoms with Gasteiger partial charge in [0.05, 0.1) is 11.0 Å². The van der Waals surface area contributed by atoms with E-state index in [4.69, 9.17) is 0 Å². The lowest BCUT2D eigenvalue weighted by atomic mass is 10.1. The van der Waals surface area contributed by atoms with Crippen LogP contribution < -0.4 is 0 Å². The summed E-state index contributed by atoms with van der Waals surface area (Å²) in [5.41, 5.74) is 6.24. The molecule has 86 valence electrons. The number of nitrogens with zero attached hydrogens (tertiary/aromatic N) is 2. The van der Waals surface area contributed by atoms with Gasteiger partial charge >= 0.3 is 0 Å². The van der Waals surface area contributed by atoms with Crippen LogP contribution in [0.5, 0.6) is 0 Å². The molecule has 4 rings (SSSR count). The van der Waals surface area contributed by atoms with Gasteiger partial charge in [0.15, 0.2) is 0 Å². The molecule has 0 N–H and O–H groups in total. The Morgan fingerprint density at radius 2 is 1.78 bits per heavy atom. The van der Waals surface area contributed by atoms with E-state index in [2.05, 4.69) is 58.1 Å². The molecule has 0 bridgehead atoms. The van der Waals surface area contributed by atoms with E-state index in [1.54, 1.807) is 0 Å². The Bertz CT molecular complexity index is 765. The molecule has 0 aliphatic heterocycles. The first-order valence-corrected chi connectivity index (χ1v) is 6.13. The minimum atomic E-state index is 0.983. The topological polar surface area (TPSA) is 17.8 Å². The molecule has 1 aliphatic rings. The molecule has 18 heavy (non-hydrogen) atoms. The summed E-state index contributed by atoms with van der Waals surface area (Å²) in [6.45, 7) is 0. The summed E-state index contributed by atoms with van der Waals surface area (Å²) in [6, 6.07) is 16.8. The maximum atomic E-state index is 4.45. The second kappa shape index (κ2) is 3.57. The Kier molecular flexibility index (Phi) is 1.92. The highest BCUT2D eigenvalue weighted by Gasteiger charge is 2.14. The van der Waals surface area contributed by atoms with Crippen LogP contribution in [0.4, 0.5) is 0 Å². The normalized spacial score (nSPS) is 13.7. The quantitative estimate of drug-likeness (QED) is 0.627. The first-order valence-electron chi connectivity index (χ1n) is 6.13. The van der Waals surface area contributed by atoms with Gasteiger partial charge in [-0.2, -0.15) is 0 Å². The minimum Gasteiger partial charge on any atom is -0.302 e. The number of fused-ring (bicyclic) bond motifs is 2. The van der Waals surface area contributed by atoms with Gasteiger partial charge in [-0.15, -0.1) is 0 Å². The first kappa shape index (κ1) is 9.66. The van der Waals surface area contributed by atoms with Crippen LogP contribution in [0.2, 0.25) is 0 Å². The molecular formula is C16H12N2. The van der Waals surface area contributed by atoms with Crippen molar-refractivity contribution in [2.75, 3.05) is 0 Å². The lowest BCUT2D eigenvalue weighted by molar-refractivity contribution is 1.07. The van der Waals surface area contributed by atoms with Crippen molar-refractivity contribution < 1.29 is 0 Å². The van der Waals surface area contributed by atoms with Crippen molar-refractivity contribution in [2.24, 2.45) is 0 Å². The van der Waals surface area contributed by atoms with Gasteiger partial charge in [0.1, 0.15) is 6.33 Å². The van der Waals surface area contributed by atoms with E-state index in [0.717, 1.165) is 11.9 Å². The van der Waals surface area contributed by atoms with Crippen molar-refractivity contribution in [2.45, 2.75) is 6.42 Å². The molecule has 0 radical (unpaired) electrons. The summed E-state index contributed by atoms with van der Waals surface area (Å²) in [4.78, 5) is 4.45. The average Bonchev–Trinajstić information content (AvgIpc) is 3.02. The van der Waals surface area contributed by atoms with Crippen LogP contribution in [0.3, 0.4) is 0 Å². The number of benzene rings is 2. The fourth-order valence-electron chi connectivity index (χ4n) is 2.60. The number of hydrogen-bond donors (Lipinski definition) is 0. The highest BCUT2D eigenvalue weighted by Crippen LogP contribution is 2.29. The van der Waals surface area contributed by atoms with Gasteiger partial charge < -0.3 is 4.57 Å². The lowest BCUT2D eigenvalue weighted by Crippen LogP contribution is -1.94. The van der Waals surface area contributed by atoms with Crippen molar-refractivity contribution in [3.05, 3.63) is 66.0 Å². The van der Waals surface area contributed by atoms with E-state index < -0.39 is 0 Å². The predicted molar refractivity (Wildman–Crippen MR) is 74.0 cm³/mol. The molecule has 0 fully saturated rings. The summed E-state index contributed by atoms with van der Waals surface area (Å²) in [5, 5.41) is 0. The van der Waals surface area contributed by atoms with Gasteiger partial charge in [-0.3, -0.25) is 0 Å². The summed E-state index contributed by atoms with van der Waals surface area (Å²) in [5.74, 6) is 0. The summed E-state index contributed by atoms with van der Waals surface area (Å²) >= 11 is 0. The van der Waals surface area contributed by atoms with E-state index in [9.17, 15) is 0 Å². The van der Waals surface area contributed by atoms with Crippen LogP contribution in [-0.4, -0.2) is 9.55 Å². The van der Waals surface area contributed by atoms with E-state index in [-0.39, 0.29) is 0 Å². The van der Waals surface area contributed by atoms with Crippen LogP contribution in [-0.2, 0) is 6.42 Å². The number of allylic oxidation sites excluding steroid dienone is 1. The van der Waals surface area contributed by atoms with E-state index in [0.29, 0.717) is 0 Å². The number of hydrogen-bond acceptors (Lipinski definition) is 1. The van der Waals surface area contributed by atoms with E-state index >= 15 is 0 Å². The van der Waals surface area contributed by atoms with Crippen molar-refractivity contribution in [1.82, 2.24) is 9.55 Å². The van der Waals surface area contributed by atoms with Crippen molar-refractivity contribution in [1.29, 1.82) is 0 Å². The minimum absolute atomic E-state index is 0.983. The summed E-state index contributed by atoms with van der Waals surface area (Å²) < 4.78 is 2.19. The SMILES string of the molecule is C1=C(n2cnc3ccccc32)Cc2ccccc21. The van der Waals surface area contributed by atoms with Crippen LogP contribution in [0.1, 0.15) is 11.1 Å². The molecule has 0 saturated heterocycles. The molecule has 0 atom stereocenters. The van der Waals surface area contributed by atoms with E-state index in [1.807, 2.05) is 12.4 Å². The molecule has 0 saturated carbocycles. The molecule has 1 aliphatic carbocycles. The van der Waals surface area contributed by atoms with Crippen LogP contribution in [0.25, 0.3) is 22.8 Å². The summed E-state index contributed by atoms with van der Waals surface area (Å²) in [6.07, 6.45) is 5.16. The molecule has 2 nitrogen and oxygen atoms in total. The van der Waals surface area contributed by atoms with Crippen LogP contribution in [0.15, 0.2) is 54.9 Å². The fraction of sp³-hybridized carbons (Fsp3) is 0.0625. The molecular weight excluding hydrogens is 220 g/mol. The van der Waals surface area contributed by atoms with Crippen molar-refractivity contribution in [3.8, 4) is 0 Å². The van der Waals surface area contributed by atoms with Gasteiger partial charge in [-0.1, -0.05) is 36.4 Å². The van der Waals surface area contributed by atoms with Gasteiger partial charge in [0.25, 0.3) is 0 Å². The molecule has 1 heterocycles. The molecule has 2 heteroatoms. The summed E-state index contributed by atoms with van der Waals surface area (Å²) in [7, 11) is 0. The van der Waals surface area contributed by atoms with Gasteiger partial charge in [-0.05, 0) is 29.3 Å². The maximum absolute atomic E-state index is 4.45. The highest BCUT2D eigenvalue weighted by atomic mass is 15.1. The molecule has 0 spiro atoms. The molecule has 2 aromatic carbocycles. The molecule has 0 unspecified atom stereocenters. The third kappa shape index (κ3) is 1.32. The number of aromatic nitrogens is 2. The Labute approximate surface area is 105 Å². The lowest BCUT2D eigenvalue weighted by Gasteiger charge is -2.04. The number of imidazole rings is 1. The predicted octanol–water partition coefficient (Wildman–Crippen LogP) is 3.59. The standard InChI is InChI=1S/C16H12N2/c1-2-6-13-10-14(9-12(13)5-1)18-11-17-15-7-3-4-8-16(15)18/h1-9,11H,10H2. The third-order valence-corrected chi connectivity index (χ3v) is 3.51. The monoisotopic (exact) mass is 232 g/mol. The average molecular weight is 232 g/mol.